The Hall–Kier alpha value is -8.00. The van der Waals surface area contributed by atoms with E-state index in [-0.39, 0.29) is 17.0 Å². The summed E-state index contributed by atoms with van der Waals surface area (Å²) in [5.74, 6) is -73.0. The number of hydrogen-bond donors (Lipinski definition) is 1. The van der Waals surface area contributed by atoms with Gasteiger partial charge in [0.05, 0.1) is 11.8 Å². The fraction of sp³-hybridized carbons (Fsp3) is 0.0233. The van der Waals surface area contributed by atoms with E-state index in [0.29, 0.717) is 6.54 Å². The number of carboxylic acids is 1. The maximum absolute atomic E-state index is 15.4. The van der Waals surface area contributed by atoms with Gasteiger partial charge in [-0.05, 0) is 18.2 Å². The fourth-order valence-corrected chi connectivity index (χ4v) is 7.16. The lowest BCUT2D eigenvalue weighted by Gasteiger charge is -2.44. The third-order valence-corrected chi connectivity index (χ3v) is 10.2. The van der Waals surface area contributed by atoms with E-state index >= 15 is 35.1 Å². The Kier molecular flexibility index (Phi) is 14.4. The molecule has 7 aromatic rings. The molecule has 364 valence electrons. The molecule has 0 bridgehead atoms. The van der Waals surface area contributed by atoms with Crippen LogP contribution in [-0.2, 0) is 6.54 Å². The Labute approximate surface area is 375 Å². The Balaban J connectivity index is 0.000000270. The van der Waals surface area contributed by atoms with Crippen LogP contribution in [0.3, 0.4) is 0 Å². The molecule has 27 heteroatoms. The van der Waals surface area contributed by atoms with E-state index in [1.54, 1.807) is 12.4 Å². The molecule has 0 atom stereocenters. The van der Waals surface area contributed by atoms with Crippen molar-refractivity contribution in [3.05, 3.63) is 206 Å². The van der Waals surface area contributed by atoms with Crippen LogP contribution in [0.15, 0.2) is 73.2 Å². The molecule has 0 aliphatic carbocycles. The standard InChI is InChI=1S/C24BF20.C19H14N2O4/c26-5-1(6(27)14(35)21(42)13(5)34)25(2-7(28)15(36)22(43)16(37)8(2)29,3-9(30)17(38)23(44)18(39)10(3)31)4-11(32)19(40)24(45)20(41)12(4)33;22-18(23)15-7-4-8-16(11-15)25-19(24)17-13-21(10-9-20-17)12-14-5-2-1-3-6-14/h;1-11,13H,12H2/q-1;/p+1. The van der Waals surface area contributed by atoms with Gasteiger partial charge in [0, 0.05) is 5.56 Å². The molecule has 0 saturated carbocycles. The van der Waals surface area contributed by atoms with E-state index in [2.05, 4.69) is 4.98 Å². The number of carbonyl (C=O) groups excluding carboxylic acids is 1. The quantitative estimate of drug-likeness (QED) is 0.0301. The fourth-order valence-electron chi connectivity index (χ4n) is 7.16. The number of benzene rings is 6. The molecule has 70 heavy (non-hydrogen) atoms. The summed E-state index contributed by atoms with van der Waals surface area (Å²) in [4.78, 5) is 27.2. The van der Waals surface area contributed by atoms with Gasteiger partial charge in [0.15, 0.2) is 82.5 Å². The first kappa shape index (κ1) is 51.4. The van der Waals surface area contributed by atoms with Gasteiger partial charge in [-0.15, -0.1) is 21.9 Å². The zero-order chi connectivity index (χ0) is 52.0. The highest BCUT2D eigenvalue weighted by Gasteiger charge is 2.52. The monoisotopic (exact) mass is 1010 g/mol. The molecule has 0 saturated heterocycles. The minimum Gasteiger partial charge on any atom is -0.478 e. The second kappa shape index (κ2) is 19.5. The molecule has 0 unspecified atom stereocenters. The van der Waals surface area contributed by atoms with Gasteiger partial charge in [-0.1, -0.05) is 36.4 Å². The molecule has 1 heterocycles. The van der Waals surface area contributed by atoms with Crippen molar-refractivity contribution in [3.8, 4) is 5.75 Å². The summed E-state index contributed by atoms with van der Waals surface area (Å²) in [6.45, 7) is 0.595. The number of ether oxygens (including phenoxy) is 1. The average molecular weight is 1010 g/mol. The molecule has 0 aliphatic rings. The van der Waals surface area contributed by atoms with E-state index in [0.717, 1.165) is 5.56 Å². The summed E-state index contributed by atoms with van der Waals surface area (Å²) >= 11 is 0. The highest BCUT2D eigenvalue weighted by molar-refractivity contribution is 7.20. The van der Waals surface area contributed by atoms with Gasteiger partial charge in [0.25, 0.3) is 0 Å². The summed E-state index contributed by atoms with van der Waals surface area (Å²) in [6.07, 6.45) is -2.34. The Morgan fingerprint density at radius 1 is 0.471 bits per heavy atom. The molecule has 7 rings (SSSR count). The van der Waals surface area contributed by atoms with Crippen LogP contribution in [0, 0.1) is 116 Å². The van der Waals surface area contributed by atoms with Crippen molar-refractivity contribution in [2.45, 2.75) is 6.54 Å². The SMILES string of the molecule is Fc1c(F)c(F)c([B-](c2c(F)c(F)c(F)c(F)c2F)(c2c(F)c(F)c(F)c(F)c2F)c2c(F)c(F)c(F)c(F)c2F)c(F)c1F.O=C(O)c1cccc(OC(=O)c2c[n+](Cc3ccccc3)ccn2)c1. The minimum absolute atomic E-state index is 0.0467. The minimum atomic E-state index is -7.22. The van der Waals surface area contributed by atoms with Gasteiger partial charge in [0.2, 0.25) is 11.9 Å². The first-order chi connectivity index (χ1) is 32.8. The van der Waals surface area contributed by atoms with Crippen molar-refractivity contribution >= 4 is 39.9 Å². The van der Waals surface area contributed by atoms with Crippen LogP contribution in [0.4, 0.5) is 87.8 Å². The van der Waals surface area contributed by atoms with Crippen molar-refractivity contribution in [1.29, 1.82) is 0 Å². The zero-order valence-corrected chi connectivity index (χ0v) is 33.3. The lowest BCUT2D eigenvalue weighted by atomic mass is 9.12. The number of rotatable bonds is 9. The number of carboxylic acid groups (broad SMARTS) is 1. The van der Waals surface area contributed by atoms with E-state index in [1.165, 1.54) is 30.5 Å². The topological polar surface area (TPSA) is 80.4 Å². The molecule has 0 amide bonds. The summed E-state index contributed by atoms with van der Waals surface area (Å²) in [5.41, 5.74) is -13.1. The Morgan fingerprint density at radius 2 is 0.814 bits per heavy atom. The molecule has 6 aromatic carbocycles. The van der Waals surface area contributed by atoms with E-state index in [1.807, 2.05) is 34.9 Å². The van der Waals surface area contributed by atoms with Crippen LogP contribution in [0.5, 0.6) is 5.75 Å². The Morgan fingerprint density at radius 3 is 1.16 bits per heavy atom. The van der Waals surface area contributed by atoms with Crippen LogP contribution in [0.1, 0.15) is 26.4 Å². The van der Waals surface area contributed by atoms with Gasteiger partial charge in [0.1, 0.15) is 58.4 Å². The van der Waals surface area contributed by atoms with Gasteiger partial charge < -0.3 is 9.84 Å². The van der Waals surface area contributed by atoms with Crippen molar-refractivity contribution in [2.24, 2.45) is 0 Å². The summed E-state index contributed by atoms with van der Waals surface area (Å²) in [6, 6.07) is 15.6. The van der Waals surface area contributed by atoms with E-state index < -0.39 is 156 Å². The van der Waals surface area contributed by atoms with Crippen molar-refractivity contribution in [3.63, 3.8) is 0 Å². The van der Waals surface area contributed by atoms with Gasteiger partial charge in [-0.3, -0.25) is 0 Å². The lowest BCUT2D eigenvalue weighted by molar-refractivity contribution is -0.689. The lowest BCUT2D eigenvalue weighted by Crippen LogP contribution is -2.81. The summed E-state index contributed by atoms with van der Waals surface area (Å²) < 4.78 is 301. The predicted octanol–water partition coefficient (Wildman–Crippen LogP) is 8.18. The number of halogens is 20. The van der Waals surface area contributed by atoms with Gasteiger partial charge in [-0.2, -0.15) is 4.57 Å². The molecule has 1 aromatic heterocycles. The molecule has 6 nitrogen and oxygen atoms in total. The van der Waals surface area contributed by atoms with Crippen LogP contribution in [0.2, 0.25) is 0 Å². The van der Waals surface area contributed by atoms with E-state index in [9.17, 15) is 62.3 Å². The largest absolute Gasteiger partial charge is 0.478 e. The van der Waals surface area contributed by atoms with Crippen LogP contribution in [-0.4, -0.2) is 28.2 Å². The second-order valence-corrected chi connectivity index (χ2v) is 14.1. The maximum Gasteiger partial charge on any atom is 0.368 e. The van der Waals surface area contributed by atoms with Crippen molar-refractivity contribution in [2.75, 3.05) is 0 Å². The summed E-state index contributed by atoms with van der Waals surface area (Å²) in [7, 11) is 0. The normalized spacial score (nSPS) is 11.4. The van der Waals surface area contributed by atoms with Gasteiger partial charge >= 0.3 is 11.9 Å². The number of aromatic nitrogens is 2. The molecular weight excluding hydrogens is 999 g/mol. The number of hydrogen-bond acceptors (Lipinski definition) is 4. The number of nitrogens with zero attached hydrogens (tertiary/aromatic N) is 2. The molecule has 0 radical (unpaired) electrons. The van der Waals surface area contributed by atoms with Crippen molar-refractivity contribution < 1.29 is 112 Å². The second-order valence-electron chi connectivity index (χ2n) is 14.1. The number of esters is 1. The first-order valence-electron chi connectivity index (χ1n) is 18.5. The summed E-state index contributed by atoms with van der Waals surface area (Å²) in [5, 5.41) is 8.98. The molecule has 1 N–H and O–H groups in total. The number of aromatic carboxylic acids is 1. The molecule has 0 fully saturated rings. The predicted molar refractivity (Wildman–Crippen MR) is 198 cm³/mol. The van der Waals surface area contributed by atoms with Crippen LogP contribution >= 0.6 is 0 Å². The third kappa shape index (κ3) is 8.58. The Bertz CT molecular complexity index is 2910. The van der Waals surface area contributed by atoms with Crippen molar-refractivity contribution in [1.82, 2.24) is 4.98 Å². The highest BCUT2D eigenvalue weighted by Crippen LogP contribution is 2.31. The van der Waals surface area contributed by atoms with Crippen LogP contribution in [0.25, 0.3) is 0 Å². The average Bonchev–Trinajstić information content (AvgIpc) is 3.34. The highest BCUT2D eigenvalue weighted by atomic mass is 19.2. The first-order valence-corrected chi connectivity index (χ1v) is 18.5. The zero-order valence-electron chi connectivity index (χ0n) is 33.3. The van der Waals surface area contributed by atoms with Crippen LogP contribution < -0.4 is 31.2 Å². The third-order valence-electron chi connectivity index (χ3n) is 10.2. The maximum atomic E-state index is 15.4. The molecular formula is C43H15BF20N2O4. The van der Waals surface area contributed by atoms with Gasteiger partial charge in [-0.25, -0.2) is 102 Å². The smallest absolute Gasteiger partial charge is 0.368 e. The molecule has 0 spiro atoms. The van der Waals surface area contributed by atoms with E-state index in [4.69, 9.17) is 9.84 Å². The molecule has 0 aliphatic heterocycles. The number of carbonyl (C=O) groups is 2.